The minimum atomic E-state index is -0.803. The highest BCUT2D eigenvalue weighted by atomic mass is 19.1. The summed E-state index contributed by atoms with van der Waals surface area (Å²) in [6.45, 7) is 0.613. The molecule has 2 aromatic rings. The van der Waals surface area contributed by atoms with Crippen molar-refractivity contribution in [1.82, 2.24) is 15.1 Å². The summed E-state index contributed by atoms with van der Waals surface area (Å²) >= 11 is 0. The second kappa shape index (κ2) is 9.53. The van der Waals surface area contributed by atoms with Gasteiger partial charge in [-0.3, -0.25) is 19.6 Å². The molecule has 0 spiro atoms. The first kappa shape index (κ1) is 23.1. The summed E-state index contributed by atoms with van der Waals surface area (Å²) in [7, 11) is 0. The Morgan fingerprint density at radius 1 is 1.26 bits per heavy atom. The maximum Gasteiger partial charge on any atom is 0.410 e. The standard InChI is InChI=1S/C23H25FN4O7/c24-13-4-19(30)17(8-29)20(5-13)34-11-22(31)25-21-7-18(26-27-21)12-1-2-16(3-12)35-23(32)28-14-6-15(28)10-33-9-14/h4-5,7-8,12,14-16,30H,1-3,6,9-11H2,(H2,25,26,27,31)/t12-,14?,15?,16+/m0/s1. The Labute approximate surface area is 199 Å². The molecule has 1 saturated carbocycles. The van der Waals surface area contributed by atoms with Crippen molar-refractivity contribution in [3.8, 4) is 11.5 Å². The highest BCUT2D eigenvalue weighted by molar-refractivity contribution is 5.91. The maximum absolute atomic E-state index is 13.5. The van der Waals surface area contributed by atoms with Crippen molar-refractivity contribution in [3.05, 3.63) is 35.3 Å². The lowest BCUT2D eigenvalue weighted by molar-refractivity contribution is -0.118. The number of carbonyl (C=O) groups is 3. The number of anilines is 1. The Hall–Kier alpha value is -3.67. The minimum Gasteiger partial charge on any atom is -0.507 e. The highest BCUT2D eigenvalue weighted by Gasteiger charge is 2.47. The molecule has 35 heavy (non-hydrogen) atoms. The van der Waals surface area contributed by atoms with Gasteiger partial charge < -0.3 is 24.6 Å². The van der Waals surface area contributed by atoms with E-state index in [1.54, 1.807) is 11.0 Å². The van der Waals surface area contributed by atoms with E-state index in [0.29, 0.717) is 25.9 Å². The number of fused-ring (bicyclic) bond motifs is 2. The third-order valence-electron chi connectivity index (χ3n) is 6.68. The lowest BCUT2D eigenvalue weighted by Crippen LogP contribution is -2.65. The third kappa shape index (κ3) is 4.78. The Bertz CT molecular complexity index is 1130. The van der Waals surface area contributed by atoms with Crippen LogP contribution in [0.15, 0.2) is 18.2 Å². The summed E-state index contributed by atoms with van der Waals surface area (Å²) in [5.41, 5.74) is 0.565. The van der Waals surface area contributed by atoms with Gasteiger partial charge in [-0.15, -0.1) is 0 Å². The van der Waals surface area contributed by atoms with Crippen LogP contribution in [0.5, 0.6) is 11.5 Å². The van der Waals surface area contributed by atoms with Crippen LogP contribution in [0.1, 0.15) is 47.7 Å². The van der Waals surface area contributed by atoms with E-state index < -0.39 is 24.1 Å². The van der Waals surface area contributed by atoms with Crippen LogP contribution < -0.4 is 10.1 Å². The van der Waals surface area contributed by atoms with Crippen molar-refractivity contribution >= 4 is 24.1 Å². The number of nitrogens with one attached hydrogen (secondary N) is 2. The van der Waals surface area contributed by atoms with Crippen molar-refractivity contribution in [2.24, 2.45) is 0 Å². The molecule has 1 aromatic carbocycles. The van der Waals surface area contributed by atoms with Crippen molar-refractivity contribution < 1.29 is 38.1 Å². The van der Waals surface area contributed by atoms with Crippen molar-refractivity contribution in [2.75, 3.05) is 25.1 Å². The van der Waals surface area contributed by atoms with Crippen LogP contribution in [-0.2, 0) is 14.3 Å². The van der Waals surface area contributed by atoms with Crippen LogP contribution in [-0.4, -0.2) is 76.5 Å². The Balaban J connectivity index is 1.11. The van der Waals surface area contributed by atoms with Gasteiger partial charge in [-0.2, -0.15) is 5.10 Å². The number of H-pyrrole nitrogens is 1. The largest absolute Gasteiger partial charge is 0.507 e. The fourth-order valence-electron chi connectivity index (χ4n) is 4.92. The molecule has 0 radical (unpaired) electrons. The average Bonchev–Trinajstić information content (AvgIpc) is 3.47. The Morgan fingerprint density at radius 3 is 2.80 bits per heavy atom. The summed E-state index contributed by atoms with van der Waals surface area (Å²) in [5.74, 6) is -1.81. The highest BCUT2D eigenvalue weighted by Crippen LogP contribution is 2.38. The van der Waals surface area contributed by atoms with Crippen LogP contribution in [0.2, 0.25) is 0 Å². The molecular formula is C23H25FN4O7. The molecule has 3 N–H and O–H groups in total. The number of carbonyl (C=O) groups excluding carboxylic acids is 3. The number of aldehydes is 1. The SMILES string of the molecule is O=Cc1c(O)cc(F)cc1OCC(=O)Nc1cc([C@H]2CC[C@@H](OC(=O)N3C4COCC3C4)C2)[nH]n1. The van der Waals surface area contributed by atoms with Gasteiger partial charge in [0.1, 0.15) is 23.4 Å². The summed E-state index contributed by atoms with van der Waals surface area (Å²) in [6, 6.07) is 3.64. The Morgan fingerprint density at radius 2 is 2.06 bits per heavy atom. The monoisotopic (exact) mass is 488 g/mol. The predicted molar refractivity (Wildman–Crippen MR) is 118 cm³/mol. The molecular weight excluding hydrogens is 463 g/mol. The third-order valence-corrected chi connectivity index (χ3v) is 6.68. The molecule has 2 bridgehead atoms. The number of benzene rings is 1. The second-order valence-electron chi connectivity index (χ2n) is 9.00. The first-order chi connectivity index (χ1) is 16.9. The van der Waals surface area contributed by atoms with Gasteiger partial charge in [-0.1, -0.05) is 0 Å². The number of morpholine rings is 1. The lowest BCUT2D eigenvalue weighted by Gasteiger charge is -2.51. The van der Waals surface area contributed by atoms with E-state index in [1.807, 2.05) is 0 Å². The quantitative estimate of drug-likeness (QED) is 0.504. The predicted octanol–water partition coefficient (Wildman–Crippen LogP) is 2.33. The van der Waals surface area contributed by atoms with Gasteiger partial charge in [0, 0.05) is 29.8 Å². The summed E-state index contributed by atoms with van der Waals surface area (Å²) < 4.78 is 29.8. The smallest absolute Gasteiger partial charge is 0.410 e. The van der Waals surface area contributed by atoms with E-state index in [0.717, 1.165) is 37.1 Å². The molecule has 2 saturated heterocycles. The molecule has 1 aromatic heterocycles. The minimum absolute atomic E-state index is 0.104. The molecule has 186 valence electrons. The number of rotatable bonds is 7. The van der Waals surface area contributed by atoms with Gasteiger partial charge in [0.05, 0.1) is 30.9 Å². The number of aromatic hydroxyl groups is 1. The topological polar surface area (TPSA) is 143 Å². The molecule has 2 amide bonds. The van der Waals surface area contributed by atoms with Crippen molar-refractivity contribution in [2.45, 2.75) is 49.8 Å². The first-order valence-corrected chi connectivity index (χ1v) is 11.4. The van der Waals surface area contributed by atoms with Gasteiger partial charge >= 0.3 is 6.09 Å². The van der Waals surface area contributed by atoms with Crippen LogP contribution in [0.3, 0.4) is 0 Å². The zero-order valence-corrected chi connectivity index (χ0v) is 18.7. The van der Waals surface area contributed by atoms with Crippen molar-refractivity contribution in [1.29, 1.82) is 0 Å². The number of hydrogen-bond acceptors (Lipinski definition) is 8. The molecule has 11 nitrogen and oxygen atoms in total. The molecule has 3 aliphatic rings. The van der Waals surface area contributed by atoms with E-state index in [4.69, 9.17) is 14.2 Å². The van der Waals surface area contributed by atoms with Crippen LogP contribution in [0, 0.1) is 5.82 Å². The number of aromatic amines is 1. The first-order valence-electron chi connectivity index (χ1n) is 11.4. The fourth-order valence-corrected chi connectivity index (χ4v) is 4.92. The molecule has 2 unspecified atom stereocenters. The van der Waals surface area contributed by atoms with E-state index >= 15 is 0 Å². The van der Waals surface area contributed by atoms with E-state index in [9.17, 15) is 23.9 Å². The number of hydrogen-bond donors (Lipinski definition) is 3. The van der Waals surface area contributed by atoms with E-state index in [1.165, 1.54) is 0 Å². The second-order valence-corrected chi connectivity index (χ2v) is 9.00. The number of aromatic nitrogens is 2. The molecule has 2 aliphatic heterocycles. The number of amides is 2. The number of nitrogens with zero attached hydrogens (tertiary/aromatic N) is 2. The molecule has 1 aliphatic carbocycles. The van der Waals surface area contributed by atoms with Crippen molar-refractivity contribution in [3.63, 3.8) is 0 Å². The van der Waals surface area contributed by atoms with E-state index in [-0.39, 0.29) is 47.3 Å². The zero-order chi connectivity index (χ0) is 24.5. The molecule has 5 rings (SSSR count). The van der Waals surface area contributed by atoms with Gasteiger partial charge in [-0.25, -0.2) is 9.18 Å². The number of ether oxygens (including phenoxy) is 3. The summed E-state index contributed by atoms with van der Waals surface area (Å²) in [6.07, 6.45) is 3.04. The normalized spacial score (nSPS) is 25.0. The molecule has 3 heterocycles. The number of phenolic OH excluding ortho intramolecular Hbond substituents is 1. The number of phenols is 1. The van der Waals surface area contributed by atoms with Crippen LogP contribution in [0.25, 0.3) is 0 Å². The van der Waals surface area contributed by atoms with Gasteiger partial charge in [-0.05, 0) is 25.7 Å². The zero-order valence-electron chi connectivity index (χ0n) is 18.7. The van der Waals surface area contributed by atoms with Crippen LogP contribution >= 0.6 is 0 Å². The molecule has 12 heteroatoms. The molecule has 4 atom stereocenters. The average molecular weight is 488 g/mol. The maximum atomic E-state index is 13.5. The summed E-state index contributed by atoms with van der Waals surface area (Å²) in [5, 5.41) is 19.2. The van der Waals surface area contributed by atoms with Gasteiger partial charge in [0.2, 0.25) is 0 Å². The molecule has 3 fully saturated rings. The summed E-state index contributed by atoms with van der Waals surface area (Å²) in [4.78, 5) is 37.6. The van der Waals surface area contributed by atoms with Crippen LogP contribution in [0.4, 0.5) is 15.0 Å². The van der Waals surface area contributed by atoms with Gasteiger partial charge in [0.25, 0.3) is 5.91 Å². The Kier molecular flexibility index (Phi) is 6.29. The van der Waals surface area contributed by atoms with E-state index in [2.05, 4.69) is 15.5 Å². The number of halogens is 1. The fraction of sp³-hybridized carbons (Fsp3) is 0.478. The van der Waals surface area contributed by atoms with Gasteiger partial charge in [0.15, 0.2) is 18.7 Å². The lowest BCUT2D eigenvalue weighted by atomic mass is 9.92.